The van der Waals surface area contributed by atoms with Crippen molar-refractivity contribution in [3.05, 3.63) is 24.3 Å². The van der Waals surface area contributed by atoms with Gasteiger partial charge < -0.3 is 14.8 Å². The topological polar surface area (TPSA) is 33.7 Å². The van der Waals surface area contributed by atoms with E-state index < -0.39 is 0 Å². The molecule has 1 N–H and O–H groups in total. The quantitative estimate of drug-likeness (QED) is 0.837. The average Bonchev–Trinajstić information content (AvgIpc) is 2.45. The molecule has 21 heavy (non-hydrogen) atoms. The molecule has 0 radical (unpaired) electrons. The molecule has 0 amide bonds. The van der Waals surface area contributed by atoms with Crippen LogP contribution in [0.15, 0.2) is 24.3 Å². The zero-order chi connectivity index (χ0) is 15.1. The molecule has 1 aromatic rings. The van der Waals surface area contributed by atoms with E-state index >= 15 is 0 Å². The molecule has 1 aromatic carbocycles. The summed E-state index contributed by atoms with van der Waals surface area (Å²) in [5.74, 6) is 1.82. The van der Waals surface area contributed by atoms with Gasteiger partial charge in [0.25, 0.3) is 0 Å². The maximum Gasteiger partial charge on any atom is 0.119 e. The number of ether oxygens (including phenoxy) is 2. The van der Waals surface area contributed by atoms with Crippen molar-refractivity contribution >= 4 is 0 Å². The van der Waals surface area contributed by atoms with Gasteiger partial charge in [0.1, 0.15) is 18.1 Å². The lowest BCUT2D eigenvalue weighted by Crippen LogP contribution is -2.54. The van der Waals surface area contributed by atoms with E-state index in [9.17, 15) is 0 Å². The summed E-state index contributed by atoms with van der Waals surface area (Å²) >= 11 is 0. The molecule has 1 saturated heterocycles. The molecule has 1 aliphatic rings. The first-order chi connectivity index (χ1) is 10.2. The predicted molar refractivity (Wildman–Crippen MR) is 86.2 cm³/mol. The molecule has 0 spiro atoms. The predicted octanol–water partition coefficient (Wildman–Crippen LogP) is 2.54. The van der Waals surface area contributed by atoms with Crippen LogP contribution in [0.1, 0.15) is 27.2 Å². The Bertz CT molecular complexity index is 398. The first-order valence-corrected chi connectivity index (χ1v) is 8.01. The van der Waals surface area contributed by atoms with Gasteiger partial charge in [-0.3, -0.25) is 4.90 Å². The molecule has 4 nitrogen and oxygen atoms in total. The fraction of sp³-hybridized carbons (Fsp3) is 0.647. The lowest BCUT2D eigenvalue weighted by atomic mass is 10.1. The minimum absolute atomic E-state index is 0.559. The van der Waals surface area contributed by atoms with Crippen LogP contribution in [0.25, 0.3) is 0 Å². The molecule has 1 aliphatic heterocycles. The summed E-state index contributed by atoms with van der Waals surface area (Å²) in [5, 5.41) is 3.54. The highest BCUT2D eigenvalue weighted by molar-refractivity contribution is 5.31. The van der Waals surface area contributed by atoms with E-state index in [4.69, 9.17) is 9.47 Å². The minimum Gasteiger partial charge on any atom is -0.494 e. The van der Waals surface area contributed by atoms with Crippen molar-refractivity contribution in [3.8, 4) is 11.5 Å². The van der Waals surface area contributed by atoms with E-state index in [1.54, 1.807) is 0 Å². The van der Waals surface area contributed by atoms with Crippen LogP contribution in [0, 0.1) is 0 Å². The highest BCUT2D eigenvalue weighted by Crippen LogP contribution is 2.17. The van der Waals surface area contributed by atoms with Crippen LogP contribution >= 0.6 is 0 Å². The van der Waals surface area contributed by atoms with Crippen LogP contribution in [0.4, 0.5) is 0 Å². The largest absolute Gasteiger partial charge is 0.494 e. The van der Waals surface area contributed by atoms with Gasteiger partial charge >= 0.3 is 0 Å². The van der Waals surface area contributed by atoms with Crippen LogP contribution in [-0.2, 0) is 0 Å². The molecule has 0 aromatic heterocycles. The molecule has 1 fully saturated rings. The van der Waals surface area contributed by atoms with Gasteiger partial charge in [-0.2, -0.15) is 0 Å². The molecular formula is C17H28N2O2. The molecule has 1 heterocycles. The third kappa shape index (κ3) is 5.56. The Morgan fingerprint density at radius 2 is 1.52 bits per heavy atom. The zero-order valence-corrected chi connectivity index (χ0v) is 13.5. The number of hydrogen-bond acceptors (Lipinski definition) is 4. The van der Waals surface area contributed by atoms with Gasteiger partial charge in [0.15, 0.2) is 0 Å². The molecule has 118 valence electrons. The first kappa shape index (κ1) is 16.1. The highest BCUT2D eigenvalue weighted by Gasteiger charge is 2.20. The van der Waals surface area contributed by atoms with Gasteiger partial charge in [0, 0.05) is 31.7 Å². The molecule has 2 unspecified atom stereocenters. The lowest BCUT2D eigenvalue weighted by Gasteiger charge is -2.35. The minimum atomic E-state index is 0.559. The summed E-state index contributed by atoms with van der Waals surface area (Å²) in [5.41, 5.74) is 0. The number of rotatable bonds is 7. The molecule has 0 bridgehead atoms. The molecule has 2 atom stereocenters. The van der Waals surface area contributed by atoms with E-state index in [1.165, 1.54) is 0 Å². The molecule has 4 heteroatoms. The average molecular weight is 292 g/mol. The molecular weight excluding hydrogens is 264 g/mol. The maximum atomic E-state index is 5.82. The van der Waals surface area contributed by atoms with Gasteiger partial charge in [-0.25, -0.2) is 0 Å². The smallest absolute Gasteiger partial charge is 0.119 e. The van der Waals surface area contributed by atoms with Gasteiger partial charge in [-0.05, 0) is 44.5 Å². The monoisotopic (exact) mass is 292 g/mol. The van der Waals surface area contributed by atoms with Crippen LogP contribution < -0.4 is 14.8 Å². The lowest BCUT2D eigenvalue weighted by molar-refractivity contribution is 0.146. The molecule has 2 rings (SSSR count). The summed E-state index contributed by atoms with van der Waals surface area (Å²) in [6.45, 7) is 11.2. The van der Waals surface area contributed by atoms with E-state index in [0.29, 0.717) is 12.1 Å². The van der Waals surface area contributed by atoms with E-state index in [1.807, 2.05) is 24.3 Å². The standard InChI is InChI=1S/C17H28N2O2/c1-4-10-20-16-5-7-17(8-6-16)21-11-9-19-12-14(2)18-15(3)13-19/h5-8,14-15,18H,4,9-13H2,1-3H3. The van der Waals surface area contributed by atoms with E-state index in [-0.39, 0.29) is 0 Å². The van der Waals surface area contributed by atoms with Crippen LogP contribution in [-0.4, -0.2) is 49.8 Å². The second-order valence-electron chi connectivity index (χ2n) is 5.90. The van der Waals surface area contributed by atoms with Gasteiger partial charge in [0.05, 0.1) is 6.61 Å². The first-order valence-electron chi connectivity index (χ1n) is 8.01. The van der Waals surface area contributed by atoms with Gasteiger partial charge in [-0.15, -0.1) is 0 Å². The Balaban J connectivity index is 1.70. The Kier molecular flexibility index (Phi) is 6.33. The summed E-state index contributed by atoms with van der Waals surface area (Å²) in [6, 6.07) is 9.02. The molecule has 0 saturated carbocycles. The second-order valence-corrected chi connectivity index (χ2v) is 5.90. The van der Waals surface area contributed by atoms with Crippen LogP contribution in [0.3, 0.4) is 0 Å². The fourth-order valence-electron chi connectivity index (χ4n) is 2.77. The van der Waals surface area contributed by atoms with E-state index in [2.05, 4.69) is 31.0 Å². The number of piperazine rings is 1. The summed E-state index contributed by atoms with van der Waals surface area (Å²) in [6.07, 6.45) is 1.03. The van der Waals surface area contributed by atoms with Crippen LogP contribution in [0.2, 0.25) is 0 Å². The van der Waals surface area contributed by atoms with Gasteiger partial charge in [-0.1, -0.05) is 6.92 Å². The number of nitrogens with one attached hydrogen (secondary N) is 1. The maximum absolute atomic E-state index is 5.82. The Morgan fingerprint density at radius 3 is 2.05 bits per heavy atom. The van der Waals surface area contributed by atoms with Gasteiger partial charge in [0.2, 0.25) is 0 Å². The van der Waals surface area contributed by atoms with Crippen molar-refractivity contribution < 1.29 is 9.47 Å². The van der Waals surface area contributed by atoms with Crippen molar-refractivity contribution in [3.63, 3.8) is 0 Å². The molecule has 0 aliphatic carbocycles. The third-order valence-corrected chi connectivity index (χ3v) is 3.61. The van der Waals surface area contributed by atoms with Crippen molar-refractivity contribution in [2.45, 2.75) is 39.3 Å². The second kappa shape index (κ2) is 8.25. The number of benzene rings is 1. The SMILES string of the molecule is CCCOc1ccc(OCCN2CC(C)NC(C)C2)cc1. The summed E-state index contributed by atoms with van der Waals surface area (Å²) in [7, 11) is 0. The van der Waals surface area contributed by atoms with Crippen molar-refractivity contribution in [2.24, 2.45) is 0 Å². The van der Waals surface area contributed by atoms with Crippen molar-refractivity contribution in [2.75, 3.05) is 32.8 Å². The number of hydrogen-bond donors (Lipinski definition) is 1. The zero-order valence-electron chi connectivity index (χ0n) is 13.5. The normalized spacial score (nSPS) is 23.0. The fourth-order valence-corrected chi connectivity index (χ4v) is 2.77. The Morgan fingerprint density at radius 1 is 1.00 bits per heavy atom. The third-order valence-electron chi connectivity index (χ3n) is 3.61. The van der Waals surface area contributed by atoms with Crippen LogP contribution in [0.5, 0.6) is 11.5 Å². The Hall–Kier alpha value is -1.26. The number of nitrogens with zero attached hydrogens (tertiary/aromatic N) is 1. The summed E-state index contributed by atoms with van der Waals surface area (Å²) in [4.78, 5) is 2.46. The van der Waals surface area contributed by atoms with Crippen molar-refractivity contribution in [1.29, 1.82) is 0 Å². The summed E-state index contributed by atoms with van der Waals surface area (Å²) < 4.78 is 11.4. The van der Waals surface area contributed by atoms with Crippen molar-refractivity contribution in [1.82, 2.24) is 10.2 Å². The highest BCUT2D eigenvalue weighted by atomic mass is 16.5. The Labute approximate surface area is 128 Å². The van der Waals surface area contributed by atoms with E-state index in [0.717, 1.165) is 50.8 Å².